The van der Waals surface area contributed by atoms with Crippen molar-refractivity contribution in [3.8, 4) is 0 Å². The second kappa shape index (κ2) is 3.48. The van der Waals surface area contributed by atoms with Gasteiger partial charge in [0.2, 0.25) is 0 Å². The summed E-state index contributed by atoms with van der Waals surface area (Å²) in [5.41, 5.74) is 7.16. The summed E-state index contributed by atoms with van der Waals surface area (Å²) in [5.74, 6) is 0.659. The Kier molecular flexibility index (Phi) is 2.73. The fraction of sp³-hybridized carbons (Fsp3) is 1.00. The molecule has 2 heteroatoms. The minimum absolute atomic E-state index is 0.254. The van der Waals surface area contributed by atoms with E-state index >= 15 is 0 Å². The van der Waals surface area contributed by atoms with Crippen LogP contribution in [0.3, 0.4) is 0 Å². The molecule has 0 aromatic carbocycles. The number of nitrogens with two attached hydrogens (primary N) is 1. The van der Waals surface area contributed by atoms with Crippen LogP contribution in [0.2, 0.25) is 0 Å². The molecular formula is C15H30N2. The van der Waals surface area contributed by atoms with E-state index in [0.717, 1.165) is 12.6 Å². The molecule has 1 saturated heterocycles. The van der Waals surface area contributed by atoms with Gasteiger partial charge in [-0.3, -0.25) is 4.90 Å². The Bertz CT molecular complexity index is 310. The third-order valence-corrected chi connectivity index (χ3v) is 5.01. The van der Waals surface area contributed by atoms with E-state index in [2.05, 4.69) is 53.4 Å². The van der Waals surface area contributed by atoms with Crippen LogP contribution < -0.4 is 5.73 Å². The number of hydrogen-bond donors (Lipinski definition) is 1. The lowest BCUT2D eigenvalue weighted by Gasteiger charge is -2.47. The summed E-state index contributed by atoms with van der Waals surface area (Å²) in [6, 6.07) is 1.39. The quantitative estimate of drug-likeness (QED) is 0.761. The molecule has 1 unspecified atom stereocenters. The Labute approximate surface area is 107 Å². The van der Waals surface area contributed by atoms with Gasteiger partial charge < -0.3 is 5.73 Å². The molecule has 100 valence electrons. The van der Waals surface area contributed by atoms with Crippen molar-refractivity contribution in [1.29, 1.82) is 0 Å². The van der Waals surface area contributed by atoms with Gasteiger partial charge in [-0.25, -0.2) is 0 Å². The summed E-state index contributed by atoms with van der Waals surface area (Å²) in [6.07, 6.45) is 1.35. The maximum absolute atomic E-state index is 6.10. The third kappa shape index (κ3) is 1.84. The summed E-state index contributed by atoms with van der Waals surface area (Å²) >= 11 is 0. The van der Waals surface area contributed by atoms with E-state index in [1.54, 1.807) is 0 Å². The maximum Gasteiger partial charge on any atom is 0.0198 e. The van der Waals surface area contributed by atoms with Gasteiger partial charge in [0, 0.05) is 17.6 Å². The smallest absolute Gasteiger partial charge is 0.0198 e. The number of piperidine rings is 1. The van der Waals surface area contributed by atoms with Crippen molar-refractivity contribution in [1.82, 2.24) is 4.90 Å². The Hall–Kier alpha value is -0.0800. The second-order valence-electron chi connectivity index (χ2n) is 8.46. The van der Waals surface area contributed by atoms with Gasteiger partial charge in [-0.05, 0) is 50.5 Å². The van der Waals surface area contributed by atoms with Crippen LogP contribution in [0.5, 0.6) is 0 Å². The topological polar surface area (TPSA) is 29.3 Å². The summed E-state index contributed by atoms with van der Waals surface area (Å²) in [6.45, 7) is 17.4. The Morgan fingerprint density at radius 3 is 2.06 bits per heavy atom. The summed E-state index contributed by atoms with van der Waals surface area (Å²) < 4.78 is 0. The molecule has 17 heavy (non-hydrogen) atoms. The molecular weight excluding hydrogens is 208 g/mol. The van der Waals surface area contributed by atoms with E-state index < -0.39 is 0 Å². The lowest BCUT2D eigenvalue weighted by atomic mass is 9.73. The van der Waals surface area contributed by atoms with Crippen molar-refractivity contribution in [3.05, 3.63) is 0 Å². The largest absolute Gasteiger partial charge is 0.330 e. The molecule has 1 aliphatic carbocycles. The normalized spacial score (nSPS) is 42.7. The lowest BCUT2D eigenvalue weighted by Crippen LogP contribution is -2.55. The number of fused-ring (bicyclic) bond motifs is 1. The number of hydrogen-bond acceptors (Lipinski definition) is 2. The first-order valence-electron chi connectivity index (χ1n) is 7.02. The first-order valence-corrected chi connectivity index (χ1v) is 7.02. The molecule has 2 aliphatic rings. The van der Waals surface area contributed by atoms with Gasteiger partial charge >= 0.3 is 0 Å². The first-order chi connectivity index (χ1) is 7.53. The molecule has 2 fully saturated rings. The van der Waals surface area contributed by atoms with Gasteiger partial charge in [-0.2, -0.15) is 0 Å². The van der Waals surface area contributed by atoms with Crippen molar-refractivity contribution in [3.63, 3.8) is 0 Å². The summed E-state index contributed by atoms with van der Waals surface area (Å²) in [5, 5.41) is 0. The maximum atomic E-state index is 6.10. The number of rotatable bonds is 1. The van der Waals surface area contributed by atoms with Gasteiger partial charge in [0.15, 0.2) is 0 Å². The molecule has 4 atom stereocenters. The third-order valence-electron chi connectivity index (χ3n) is 5.01. The van der Waals surface area contributed by atoms with E-state index in [-0.39, 0.29) is 5.54 Å². The van der Waals surface area contributed by atoms with Crippen LogP contribution in [0.4, 0.5) is 0 Å². The number of nitrogens with zero attached hydrogens (tertiary/aromatic N) is 1. The highest BCUT2D eigenvalue weighted by Crippen LogP contribution is 2.66. The minimum Gasteiger partial charge on any atom is -0.330 e. The lowest BCUT2D eigenvalue weighted by molar-refractivity contribution is 0.0146. The monoisotopic (exact) mass is 238 g/mol. The Morgan fingerprint density at radius 1 is 1.18 bits per heavy atom. The average Bonchev–Trinajstić information content (AvgIpc) is 2.67. The zero-order chi connectivity index (χ0) is 13.2. The summed E-state index contributed by atoms with van der Waals surface area (Å²) in [7, 11) is 0. The van der Waals surface area contributed by atoms with Crippen LogP contribution >= 0.6 is 0 Å². The van der Waals surface area contributed by atoms with Crippen molar-refractivity contribution in [2.45, 2.75) is 72.5 Å². The van der Waals surface area contributed by atoms with Crippen molar-refractivity contribution < 1.29 is 0 Å². The van der Waals surface area contributed by atoms with Crippen molar-refractivity contribution in [2.24, 2.45) is 22.5 Å². The minimum atomic E-state index is 0.254. The zero-order valence-corrected chi connectivity index (χ0v) is 12.7. The van der Waals surface area contributed by atoms with Crippen molar-refractivity contribution in [2.75, 3.05) is 6.54 Å². The molecule has 2 nitrogen and oxygen atoms in total. The van der Waals surface area contributed by atoms with Crippen molar-refractivity contribution >= 4 is 0 Å². The van der Waals surface area contributed by atoms with Crippen LogP contribution in [0.1, 0.15) is 54.9 Å². The van der Waals surface area contributed by atoms with Gasteiger partial charge in [-0.15, -0.1) is 0 Å². The van der Waals surface area contributed by atoms with E-state index in [1.165, 1.54) is 6.42 Å². The number of likely N-dealkylation sites (tertiary alicyclic amines) is 1. The van der Waals surface area contributed by atoms with Gasteiger partial charge in [-0.1, -0.05) is 27.7 Å². The fourth-order valence-electron chi connectivity index (χ4n) is 4.22. The van der Waals surface area contributed by atoms with Crippen LogP contribution in [0, 0.1) is 16.7 Å². The van der Waals surface area contributed by atoms with E-state index in [1.807, 2.05) is 0 Å². The standard InChI is InChI=1S/C15H30N2/c1-13(2,3)12-10(9-16)15(7)8-11(15)17(12)14(4,5)6/h10-12H,8-9,16H2,1-7H3/t10?,11-,12+,15-/m1/s1. The van der Waals surface area contributed by atoms with E-state index in [0.29, 0.717) is 22.8 Å². The molecule has 0 bridgehead atoms. The Balaban J connectivity index is 2.39. The molecule has 1 heterocycles. The highest BCUT2D eigenvalue weighted by Gasteiger charge is 2.69. The molecule has 0 aromatic rings. The molecule has 1 saturated carbocycles. The predicted octanol–water partition coefficient (Wildman–Crippen LogP) is 2.87. The average molecular weight is 238 g/mol. The molecule has 0 spiro atoms. The second-order valence-corrected chi connectivity index (χ2v) is 8.46. The van der Waals surface area contributed by atoms with Gasteiger partial charge in [0.05, 0.1) is 0 Å². The fourth-order valence-corrected chi connectivity index (χ4v) is 4.22. The highest BCUT2D eigenvalue weighted by molar-refractivity contribution is 5.22. The van der Waals surface area contributed by atoms with E-state index in [9.17, 15) is 0 Å². The van der Waals surface area contributed by atoms with Crippen LogP contribution in [0.15, 0.2) is 0 Å². The SMILES string of the molecule is CC(C)(C)[C@@H]1C(CN)[C@@]2(C)C[C@H]2N1C(C)(C)C. The van der Waals surface area contributed by atoms with Crippen LogP contribution in [-0.4, -0.2) is 29.1 Å². The molecule has 0 amide bonds. The summed E-state index contributed by atoms with van der Waals surface area (Å²) in [4.78, 5) is 2.77. The molecule has 0 aromatic heterocycles. The highest BCUT2D eigenvalue weighted by atomic mass is 15.3. The first kappa shape index (κ1) is 13.4. The van der Waals surface area contributed by atoms with Gasteiger partial charge in [0.25, 0.3) is 0 Å². The molecule has 2 rings (SSSR count). The predicted molar refractivity (Wildman–Crippen MR) is 73.9 cm³/mol. The van der Waals surface area contributed by atoms with Crippen LogP contribution in [-0.2, 0) is 0 Å². The van der Waals surface area contributed by atoms with E-state index in [4.69, 9.17) is 5.73 Å². The molecule has 2 N–H and O–H groups in total. The zero-order valence-electron chi connectivity index (χ0n) is 12.7. The molecule has 1 aliphatic heterocycles. The molecule has 0 radical (unpaired) electrons. The van der Waals surface area contributed by atoms with Crippen LogP contribution in [0.25, 0.3) is 0 Å². The Morgan fingerprint density at radius 2 is 1.71 bits per heavy atom. The van der Waals surface area contributed by atoms with Gasteiger partial charge in [0.1, 0.15) is 0 Å².